The van der Waals surface area contributed by atoms with Crippen molar-refractivity contribution in [2.75, 3.05) is 43.4 Å². The summed E-state index contributed by atoms with van der Waals surface area (Å²) >= 11 is 0. The molecule has 33 heavy (non-hydrogen) atoms. The van der Waals surface area contributed by atoms with Gasteiger partial charge in [0.05, 0.1) is 41.2 Å². The molecule has 0 radical (unpaired) electrons. The Labute approximate surface area is 191 Å². The molecular formula is C24H24N8O. The van der Waals surface area contributed by atoms with E-state index < -0.39 is 0 Å². The van der Waals surface area contributed by atoms with Gasteiger partial charge in [-0.2, -0.15) is 0 Å². The van der Waals surface area contributed by atoms with Crippen LogP contribution in [0.5, 0.6) is 0 Å². The van der Waals surface area contributed by atoms with Gasteiger partial charge in [0.2, 0.25) is 0 Å². The summed E-state index contributed by atoms with van der Waals surface area (Å²) in [4.78, 5) is 30.6. The molecule has 2 aliphatic heterocycles. The van der Waals surface area contributed by atoms with Crippen molar-refractivity contribution >= 4 is 28.7 Å². The smallest absolute Gasteiger partial charge is 0.254 e. The number of nitrogens with one attached hydrogen (secondary N) is 2. The number of amides is 1. The molecule has 1 fully saturated rings. The second kappa shape index (κ2) is 7.86. The zero-order chi connectivity index (χ0) is 22.4. The van der Waals surface area contributed by atoms with Crippen molar-refractivity contribution < 1.29 is 4.79 Å². The average Bonchev–Trinajstić information content (AvgIpc) is 3.45. The minimum Gasteiger partial charge on any atom is -0.368 e. The number of carbonyl (C=O) groups is 1. The Hall–Kier alpha value is -3.98. The zero-order valence-corrected chi connectivity index (χ0v) is 18.3. The molecule has 0 bridgehead atoms. The van der Waals surface area contributed by atoms with Gasteiger partial charge in [0, 0.05) is 50.7 Å². The van der Waals surface area contributed by atoms with Crippen molar-refractivity contribution in [1.82, 2.24) is 29.6 Å². The number of likely N-dealkylation sites (N-methyl/N-ethyl adjacent to an activating group) is 1. The number of hydrogen-bond acceptors (Lipinski definition) is 7. The molecule has 0 spiro atoms. The van der Waals surface area contributed by atoms with E-state index in [1.165, 1.54) is 0 Å². The summed E-state index contributed by atoms with van der Waals surface area (Å²) in [5.41, 5.74) is 6.16. The Kier molecular flexibility index (Phi) is 4.69. The monoisotopic (exact) mass is 440 g/mol. The number of piperazine rings is 1. The first-order valence-electron chi connectivity index (χ1n) is 11.1. The molecule has 1 saturated heterocycles. The highest BCUT2D eigenvalue weighted by Crippen LogP contribution is 2.35. The van der Waals surface area contributed by atoms with Gasteiger partial charge in [0.15, 0.2) is 5.65 Å². The minimum absolute atomic E-state index is 0.0844. The van der Waals surface area contributed by atoms with E-state index in [4.69, 9.17) is 0 Å². The summed E-state index contributed by atoms with van der Waals surface area (Å²) in [5, 5.41) is 6.32. The van der Waals surface area contributed by atoms with Crippen LogP contribution in [0.1, 0.15) is 15.9 Å². The maximum atomic E-state index is 12.7. The molecule has 9 heteroatoms. The van der Waals surface area contributed by atoms with Gasteiger partial charge in [-0.1, -0.05) is 6.07 Å². The van der Waals surface area contributed by atoms with Gasteiger partial charge in [-0.15, -0.1) is 0 Å². The molecule has 9 nitrogen and oxygen atoms in total. The van der Waals surface area contributed by atoms with E-state index in [0.717, 1.165) is 60.0 Å². The van der Waals surface area contributed by atoms with Crippen molar-refractivity contribution in [3.8, 4) is 11.3 Å². The fourth-order valence-electron chi connectivity index (χ4n) is 4.58. The summed E-state index contributed by atoms with van der Waals surface area (Å²) in [6, 6.07) is 8.03. The third-order valence-corrected chi connectivity index (χ3v) is 6.44. The number of hydrogen-bond donors (Lipinski definition) is 2. The second-order valence-electron chi connectivity index (χ2n) is 8.46. The highest BCUT2D eigenvalue weighted by atomic mass is 16.1. The molecule has 0 saturated carbocycles. The summed E-state index contributed by atoms with van der Waals surface area (Å²) in [6.07, 6.45) is 9.05. The number of rotatable bonds is 4. The number of fused-ring (bicyclic) bond motifs is 2. The van der Waals surface area contributed by atoms with Crippen LogP contribution in [0.4, 0.5) is 17.2 Å². The van der Waals surface area contributed by atoms with E-state index in [1.54, 1.807) is 12.4 Å². The molecule has 0 aliphatic carbocycles. The number of nitrogens with zero attached hydrogens (tertiary/aromatic N) is 6. The standard InChI is InChI=1S/C24H24N8O/c1-30-8-10-31(11-9-30)16-2-5-21(26-12-16)29-19-4-3-17(18-13-28-24(33)23(18)19)20-14-27-22-15-25-6-7-32(20)22/h2-7,12,14-15H,8-11,13H2,1H3,(H,26,29)(H,28,33). The van der Waals surface area contributed by atoms with Crippen molar-refractivity contribution in [1.29, 1.82) is 0 Å². The number of imidazole rings is 1. The van der Waals surface area contributed by atoms with Crippen LogP contribution >= 0.6 is 0 Å². The molecule has 5 heterocycles. The highest BCUT2D eigenvalue weighted by Gasteiger charge is 2.27. The number of pyridine rings is 1. The fraction of sp³-hybridized carbons (Fsp3) is 0.250. The fourth-order valence-corrected chi connectivity index (χ4v) is 4.58. The molecule has 2 N–H and O–H groups in total. The van der Waals surface area contributed by atoms with Crippen LogP contribution in [0.3, 0.4) is 0 Å². The van der Waals surface area contributed by atoms with Crippen LogP contribution in [-0.2, 0) is 6.54 Å². The van der Waals surface area contributed by atoms with E-state index in [0.29, 0.717) is 17.9 Å². The molecule has 0 atom stereocenters. The van der Waals surface area contributed by atoms with Crippen molar-refractivity contribution in [2.24, 2.45) is 0 Å². The predicted octanol–water partition coefficient (Wildman–Crippen LogP) is 2.53. The highest BCUT2D eigenvalue weighted by molar-refractivity contribution is 6.06. The van der Waals surface area contributed by atoms with Crippen LogP contribution < -0.4 is 15.5 Å². The lowest BCUT2D eigenvalue weighted by molar-refractivity contribution is 0.0966. The van der Waals surface area contributed by atoms with Crippen LogP contribution in [0.2, 0.25) is 0 Å². The summed E-state index contributed by atoms with van der Waals surface area (Å²) in [6.45, 7) is 4.58. The van der Waals surface area contributed by atoms with E-state index in [9.17, 15) is 4.79 Å². The third-order valence-electron chi connectivity index (χ3n) is 6.44. The number of carbonyl (C=O) groups excluding carboxylic acids is 1. The van der Waals surface area contributed by atoms with Crippen LogP contribution in [0.25, 0.3) is 16.9 Å². The van der Waals surface area contributed by atoms with Crippen LogP contribution in [-0.4, -0.2) is 63.4 Å². The van der Waals surface area contributed by atoms with Gasteiger partial charge in [-0.05, 0) is 30.8 Å². The first kappa shape index (κ1) is 19.7. The average molecular weight is 441 g/mol. The Morgan fingerprint density at radius 1 is 1.00 bits per heavy atom. The molecule has 1 amide bonds. The topological polar surface area (TPSA) is 90.7 Å². The third kappa shape index (κ3) is 3.46. The van der Waals surface area contributed by atoms with Gasteiger partial charge in [0.25, 0.3) is 5.91 Å². The zero-order valence-electron chi connectivity index (χ0n) is 18.3. The van der Waals surface area contributed by atoms with E-state index >= 15 is 0 Å². The maximum absolute atomic E-state index is 12.7. The molecule has 3 aromatic heterocycles. The Morgan fingerprint density at radius 3 is 2.70 bits per heavy atom. The van der Waals surface area contributed by atoms with Crippen molar-refractivity contribution in [3.63, 3.8) is 0 Å². The molecular weight excluding hydrogens is 416 g/mol. The molecule has 166 valence electrons. The number of anilines is 3. The Bertz CT molecular complexity index is 1340. The SMILES string of the molecule is CN1CCN(c2ccc(Nc3ccc(-c4cnc5cnccn45)c4c3C(=O)NC4)nc2)CC1. The lowest BCUT2D eigenvalue weighted by Crippen LogP contribution is -2.44. The van der Waals surface area contributed by atoms with Gasteiger partial charge in [0.1, 0.15) is 5.82 Å². The minimum atomic E-state index is -0.0844. The van der Waals surface area contributed by atoms with E-state index in [1.807, 2.05) is 41.2 Å². The van der Waals surface area contributed by atoms with Crippen LogP contribution in [0.15, 0.2) is 55.2 Å². The van der Waals surface area contributed by atoms with Gasteiger partial charge >= 0.3 is 0 Å². The molecule has 1 aromatic carbocycles. The number of aromatic nitrogens is 4. The molecule has 6 rings (SSSR count). The summed E-state index contributed by atoms with van der Waals surface area (Å²) < 4.78 is 1.98. The Morgan fingerprint density at radius 2 is 1.88 bits per heavy atom. The lowest BCUT2D eigenvalue weighted by Gasteiger charge is -2.33. The largest absolute Gasteiger partial charge is 0.368 e. The van der Waals surface area contributed by atoms with E-state index in [-0.39, 0.29) is 5.91 Å². The number of benzene rings is 1. The van der Waals surface area contributed by atoms with E-state index in [2.05, 4.69) is 48.5 Å². The quantitative estimate of drug-likeness (QED) is 0.504. The lowest BCUT2D eigenvalue weighted by atomic mass is 9.99. The molecule has 0 unspecified atom stereocenters. The van der Waals surface area contributed by atoms with Crippen LogP contribution in [0, 0.1) is 0 Å². The van der Waals surface area contributed by atoms with Gasteiger partial charge < -0.3 is 20.4 Å². The normalized spacial score (nSPS) is 16.2. The molecule has 2 aliphatic rings. The van der Waals surface area contributed by atoms with Crippen molar-refractivity contribution in [3.05, 3.63) is 66.4 Å². The predicted molar refractivity (Wildman–Crippen MR) is 127 cm³/mol. The summed E-state index contributed by atoms with van der Waals surface area (Å²) in [5.74, 6) is 0.627. The Balaban J connectivity index is 1.31. The maximum Gasteiger partial charge on any atom is 0.254 e. The van der Waals surface area contributed by atoms with Crippen molar-refractivity contribution in [2.45, 2.75) is 6.54 Å². The van der Waals surface area contributed by atoms with Gasteiger partial charge in [-0.25, -0.2) is 9.97 Å². The first-order chi connectivity index (χ1) is 16.2. The first-order valence-corrected chi connectivity index (χ1v) is 11.1. The van der Waals surface area contributed by atoms with Gasteiger partial charge in [-0.3, -0.25) is 14.2 Å². The molecule has 4 aromatic rings. The summed E-state index contributed by atoms with van der Waals surface area (Å²) in [7, 11) is 2.15. The second-order valence-corrected chi connectivity index (χ2v) is 8.46.